The van der Waals surface area contributed by atoms with Gasteiger partial charge in [0.1, 0.15) is 5.82 Å². The number of hydrogen-bond acceptors (Lipinski definition) is 6. The lowest BCUT2D eigenvalue weighted by molar-refractivity contribution is 0.354. The Kier molecular flexibility index (Phi) is 5.46. The number of methoxy groups -OCH3 is 2. The van der Waals surface area contributed by atoms with Crippen LogP contribution in [-0.4, -0.2) is 30.3 Å². The summed E-state index contributed by atoms with van der Waals surface area (Å²) in [5.74, 6) is 1.86. The normalized spacial score (nSPS) is 12.1. The molecule has 3 aromatic rings. The molecule has 30 heavy (non-hydrogen) atoms. The van der Waals surface area contributed by atoms with Crippen LogP contribution in [0.1, 0.15) is 16.7 Å². The molecule has 4 rings (SSSR count). The summed E-state index contributed by atoms with van der Waals surface area (Å²) in [6, 6.07) is 11.9. The van der Waals surface area contributed by atoms with Gasteiger partial charge in [0.15, 0.2) is 11.5 Å². The Hall–Kier alpha value is -3.32. The number of para-hydroxylation sites is 1. The molecule has 0 saturated heterocycles. The largest absolute Gasteiger partial charge is 0.493 e. The van der Waals surface area contributed by atoms with Gasteiger partial charge in [-0.05, 0) is 55.6 Å². The van der Waals surface area contributed by atoms with E-state index in [1.807, 2.05) is 43.3 Å². The van der Waals surface area contributed by atoms with Crippen LogP contribution in [0.2, 0.25) is 0 Å². The number of anilines is 2. The Bertz CT molecular complexity index is 1150. The van der Waals surface area contributed by atoms with E-state index in [1.165, 1.54) is 0 Å². The summed E-state index contributed by atoms with van der Waals surface area (Å²) < 4.78 is 12.7. The number of nitrogens with one attached hydrogen (secondary N) is 1. The van der Waals surface area contributed by atoms with Crippen molar-refractivity contribution in [2.45, 2.75) is 26.3 Å². The zero-order valence-electron chi connectivity index (χ0n) is 17.5. The van der Waals surface area contributed by atoms with Crippen molar-refractivity contribution in [2.75, 3.05) is 26.1 Å². The van der Waals surface area contributed by atoms with Gasteiger partial charge in [0, 0.05) is 23.4 Å². The number of aromatic nitrogens is 2. The summed E-state index contributed by atoms with van der Waals surface area (Å²) in [6.07, 6.45) is 1.31. The van der Waals surface area contributed by atoms with Gasteiger partial charge in [0.25, 0.3) is 0 Å². The Morgan fingerprint density at radius 3 is 2.60 bits per heavy atom. The molecule has 2 heterocycles. The summed E-state index contributed by atoms with van der Waals surface area (Å²) >= 11 is 0. The molecule has 7 heteroatoms. The van der Waals surface area contributed by atoms with Crippen molar-refractivity contribution in [2.24, 2.45) is 5.73 Å². The first-order chi connectivity index (χ1) is 14.6. The quantitative estimate of drug-likeness (QED) is 0.654. The van der Waals surface area contributed by atoms with E-state index in [1.54, 1.807) is 18.8 Å². The highest BCUT2D eigenvalue weighted by atomic mass is 16.5. The van der Waals surface area contributed by atoms with Crippen LogP contribution in [0.15, 0.2) is 41.2 Å². The monoisotopic (exact) mass is 406 g/mol. The van der Waals surface area contributed by atoms with Crippen LogP contribution in [0, 0.1) is 6.92 Å². The van der Waals surface area contributed by atoms with Crippen molar-refractivity contribution < 1.29 is 9.47 Å². The molecule has 0 aliphatic carbocycles. The molecule has 1 aliphatic rings. The summed E-state index contributed by atoms with van der Waals surface area (Å²) in [5.41, 5.74) is 11.5. The smallest absolute Gasteiger partial charge is 0.350 e. The third kappa shape index (κ3) is 3.41. The number of fused-ring (bicyclic) bond motifs is 3. The number of nitrogens with zero attached hydrogens (tertiary/aromatic N) is 2. The van der Waals surface area contributed by atoms with E-state index in [0.717, 1.165) is 40.1 Å². The van der Waals surface area contributed by atoms with E-state index in [4.69, 9.17) is 15.2 Å². The lowest BCUT2D eigenvalue weighted by Gasteiger charge is -2.26. The molecule has 3 N–H and O–H groups in total. The fourth-order valence-electron chi connectivity index (χ4n) is 4.02. The molecule has 7 nitrogen and oxygen atoms in total. The van der Waals surface area contributed by atoms with Crippen LogP contribution < -0.4 is 26.2 Å². The van der Waals surface area contributed by atoms with Crippen LogP contribution in [0.25, 0.3) is 11.3 Å². The van der Waals surface area contributed by atoms with E-state index in [2.05, 4.69) is 10.3 Å². The average Bonchev–Trinajstić information content (AvgIpc) is 2.76. The predicted molar refractivity (Wildman–Crippen MR) is 118 cm³/mol. The highest BCUT2D eigenvalue weighted by Gasteiger charge is 2.26. The number of rotatable bonds is 6. The maximum atomic E-state index is 12.9. The number of ether oxygens (including phenoxy) is 2. The molecule has 156 valence electrons. The molecular formula is C23H26N4O3. The molecule has 1 aromatic heterocycles. The third-order valence-corrected chi connectivity index (χ3v) is 5.54. The second kappa shape index (κ2) is 8.20. The minimum absolute atomic E-state index is 0.276. The topological polar surface area (TPSA) is 91.4 Å². The standard InChI is InChI=1S/C23H26N4O3/c1-14-6-4-5-7-18(14)25-22-16(8-10-24)21-17-13-20(30-3)19(29-2)12-15(17)9-11-27(21)23(28)26-22/h4-7,12-13H,8-11,24H2,1-3H3,(H,25,26,28). The fourth-order valence-corrected chi connectivity index (χ4v) is 4.02. The van der Waals surface area contributed by atoms with E-state index in [9.17, 15) is 4.79 Å². The van der Waals surface area contributed by atoms with Crippen molar-refractivity contribution in [3.63, 3.8) is 0 Å². The van der Waals surface area contributed by atoms with Gasteiger partial charge >= 0.3 is 5.69 Å². The molecule has 0 spiro atoms. The van der Waals surface area contributed by atoms with Gasteiger partial charge in [-0.25, -0.2) is 4.79 Å². The molecule has 0 fully saturated rings. The van der Waals surface area contributed by atoms with Crippen LogP contribution in [0.4, 0.5) is 11.5 Å². The Balaban J connectivity index is 1.95. The predicted octanol–water partition coefficient (Wildman–Crippen LogP) is 3.04. The second-order valence-corrected chi connectivity index (χ2v) is 7.31. The van der Waals surface area contributed by atoms with Gasteiger partial charge in [-0.2, -0.15) is 4.98 Å². The SMILES string of the molecule is COc1cc2c(cc1OC)-c1c(CCN)c(Nc3ccccc3C)nc(=O)n1CC2. The highest BCUT2D eigenvalue weighted by molar-refractivity contribution is 5.77. The first-order valence-corrected chi connectivity index (χ1v) is 9.99. The van der Waals surface area contributed by atoms with Crippen molar-refractivity contribution in [3.8, 4) is 22.8 Å². The average molecular weight is 406 g/mol. The maximum absolute atomic E-state index is 12.9. The van der Waals surface area contributed by atoms with Gasteiger partial charge in [-0.1, -0.05) is 18.2 Å². The first-order valence-electron chi connectivity index (χ1n) is 9.99. The van der Waals surface area contributed by atoms with Gasteiger partial charge < -0.3 is 20.5 Å². The van der Waals surface area contributed by atoms with Crippen LogP contribution in [0.5, 0.6) is 11.5 Å². The van der Waals surface area contributed by atoms with Crippen molar-refractivity contribution >= 4 is 11.5 Å². The van der Waals surface area contributed by atoms with Gasteiger partial charge in [0.05, 0.1) is 19.9 Å². The number of aryl methyl sites for hydroxylation is 2. The maximum Gasteiger partial charge on any atom is 0.350 e. The lowest BCUT2D eigenvalue weighted by atomic mass is 9.93. The summed E-state index contributed by atoms with van der Waals surface area (Å²) in [4.78, 5) is 17.3. The Labute approximate surface area is 175 Å². The number of benzene rings is 2. The number of hydrogen-bond donors (Lipinski definition) is 2. The van der Waals surface area contributed by atoms with E-state index < -0.39 is 0 Å². The fraction of sp³-hybridized carbons (Fsp3) is 0.304. The Morgan fingerprint density at radius 1 is 1.17 bits per heavy atom. The molecule has 0 saturated carbocycles. The molecule has 0 atom stereocenters. The van der Waals surface area contributed by atoms with E-state index in [0.29, 0.717) is 36.8 Å². The van der Waals surface area contributed by atoms with Gasteiger partial charge in [0.2, 0.25) is 0 Å². The zero-order valence-corrected chi connectivity index (χ0v) is 17.5. The first kappa shape index (κ1) is 20.0. The Morgan fingerprint density at radius 2 is 1.90 bits per heavy atom. The van der Waals surface area contributed by atoms with Crippen LogP contribution in [-0.2, 0) is 19.4 Å². The molecular weight excluding hydrogens is 380 g/mol. The van der Waals surface area contributed by atoms with E-state index in [-0.39, 0.29) is 5.69 Å². The number of nitrogens with two attached hydrogens (primary N) is 1. The van der Waals surface area contributed by atoms with Crippen molar-refractivity contribution in [1.82, 2.24) is 9.55 Å². The minimum Gasteiger partial charge on any atom is -0.493 e. The molecule has 0 radical (unpaired) electrons. The third-order valence-electron chi connectivity index (χ3n) is 5.54. The molecule has 0 unspecified atom stereocenters. The molecule has 0 amide bonds. The van der Waals surface area contributed by atoms with Crippen LogP contribution in [0.3, 0.4) is 0 Å². The van der Waals surface area contributed by atoms with Gasteiger partial charge in [-0.15, -0.1) is 0 Å². The lowest BCUT2D eigenvalue weighted by Crippen LogP contribution is -2.31. The highest BCUT2D eigenvalue weighted by Crippen LogP contribution is 2.40. The minimum atomic E-state index is -0.276. The summed E-state index contributed by atoms with van der Waals surface area (Å²) in [5, 5.41) is 3.36. The summed E-state index contributed by atoms with van der Waals surface area (Å²) in [6.45, 7) is 3.02. The molecule has 2 aromatic carbocycles. The van der Waals surface area contributed by atoms with Crippen LogP contribution >= 0.6 is 0 Å². The zero-order chi connectivity index (χ0) is 21.3. The molecule has 0 bridgehead atoms. The second-order valence-electron chi connectivity index (χ2n) is 7.31. The van der Waals surface area contributed by atoms with E-state index >= 15 is 0 Å². The van der Waals surface area contributed by atoms with Crippen molar-refractivity contribution in [3.05, 3.63) is 63.6 Å². The van der Waals surface area contributed by atoms with Crippen molar-refractivity contribution in [1.29, 1.82) is 0 Å². The molecule has 1 aliphatic heterocycles. The van der Waals surface area contributed by atoms with Gasteiger partial charge in [-0.3, -0.25) is 4.57 Å². The summed E-state index contributed by atoms with van der Waals surface area (Å²) in [7, 11) is 3.23.